The number of phenolic OH excluding ortho intramolecular Hbond substituents is 1. The first-order valence-corrected chi connectivity index (χ1v) is 8.61. The molecule has 3 atom stereocenters. The fraction of sp³-hybridized carbons (Fsp3) is 0.632. The fourth-order valence-corrected chi connectivity index (χ4v) is 3.82. The molecule has 1 aliphatic rings. The van der Waals surface area contributed by atoms with Crippen molar-refractivity contribution in [2.45, 2.75) is 52.1 Å². The van der Waals surface area contributed by atoms with E-state index >= 15 is 0 Å². The number of amides is 1. The normalized spacial score (nSPS) is 27.9. The quantitative estimate of drug-likeness (QED) is 0.781. The first-order chi connectivity index (χ1) is 10.8. The summed E-state index contributed by atoms with van der Waals surface area (Å²) in [4.78, 5) is 12.6. The van der Waals surface area contributed by atoms with Crippen molar-refractivity contribution in [3.63, 3.8) is 0 Å². The van der Waals surface area contributed by atoms with Crippen LogP contribution in [0.25, 0.3) is 0 Å². The van der Waals surface area contributed by atoms with Crippen molar-refractivity contribution in [3.05, 3.63) is 29.8 Å². The zero-order valence-corrected chi connectivity index (χ0v) is 14.4. The lowest BCUT2D eigenvalue weighted by atomic mass is 9.66. The highest BCUT2D eigenvalue weighted by Crippen LogP contribution is 2.41. The molecule has 4 nitrogen and oxygen atoms in total. The summed E-state index contributed by atoms with van der Waals surface area (Å²) in [7, 11) is 0. The van der Waals surface area contributed by atoms with Crippen LogP contribution in [-0.2, 0) is 11.2 Å². The SMILES string of the molecule is CC1CCC(C(C)C)C(O)(C(=O)NCCc2cccc(O)c2)C1. The molecule has 0 aromatic heterocycles. The van der Waals surface area contributed by atoms with Crippen LogP contribution in [0.4, 0.5) is 0 Å². The molecule has 0 saturated heterocycles. The molecule has 0 bridgehead atoms. The maximum Gasteiger partial charge on any atom is 0.252 e. The van der Waals surface area contributed by atoms with E-state index in [1.54, 1.807) is 18.2 Å². The molecular formula is C19H29NO3. The molecule has 4 heteroatoms. The molecule has 0 spiro atoms. The molecular weight excluding hydrogens is 290 g/mol. The highest BCUT2D eigenvalue weighted by molar-refractivity contribution is 5.85. The Labute approximate surface area is 138 Å². The maximum absolute atomic E-state index is 12.6. The van der Waals surface area contributed by atoms with Crippen molar-refractivity contribution in [3.8, 4) is 5.75 Å². The van der Waals surface area contributed by atoms with Gasteiger partial charge in [-0.15, -0.1) is 0 Å². The van der Waals surface area contributed by atoms with Gasteiger partial charge in [0.1, 0.15) is 11.4 Å². The van der Waals surface area contributed by atoms with Gasteiger partial charge in [0, 0.05) is 6.54 Å². The zero-order valence-electron chi connectivity index (χ0n) is 14.4. The third kappa shape index (κ3) is 4.25. The largest absolute Gasteiger partial charge is 0.508 e. The summed E-state index contributed by atoms with van der Waals surface area (Å²) in [6.45, 7) is 6.71. The third-order valence-electron chi connectivity index (χ3n) is 5.05. The number of hydrogen-bond acceptors (Lipinski definition) is 3. The standard InChI is InChI=1S/C19H29NO3/c1-13(2)17-8-7-14(3)12-19(17,23)18(22)20-10-9-15-5-4-6-16(21)11-15/h4-6,11,13-14,17,21,23H,7-10,12H2,1-3H3,(H,20,22). The Morgan fingerprint density at radius 1 is 1.39 bits per heavy atom. The number of rotatable bonds is 5. The highest BCUT2D eigenvalue weighted by atomic mass is 16.3. The van der Waals surface area contributed by atoms with E-state index in [0.29, 0.717) is 25.3 Å². The Bertz CT molecular complexity index is 543. The Morgan fingerprint density at radius 3 is 2.78 bits per heavy atom. The molecule has 128 valence electrons. The second-order valence-electron chi connectivity index (χ2n) is 7.34. The predicted molar refractivity (Wildman–Crippen MR) is 91.1 cm³/mol. The molecule has 3 N–H and O–H groups in total. The molecule has 23 heavy (non-hydrogen) atoms. The van der Waals surface area contributed by atoms with E-state index in [0.717, 1.165) is 18.4 Å². The van der Waals surface area contributed by atoms with Gasteiger partial charge in [-0.2, -0.15) is 0 Å². The van der Waals surface area contributed by atoms with E-state index in [1.807, 2.05) is 6.07 Å². The number of aromatic hydroxyl groups is 1. The minimum absolute atomic E-state index is 0.0134. The molecule has 0 aliphatic heterocycles. The molecule has 0 heterocycles. The number of carbonyl (C=O) groups is 1. The Morgan fingerprint density at radius 2 is 2.13 bits per heavy atom. The van der Waals surface area contributed by atoms with Crippen LogP contribution >= 0.6 is 0 Å². The maximum atomic E-state index is 12.6. The second kappa shape index (κ2) is 7.35. The van der Waals surface area contributed by atoms with Crippen LogP contribution in [-0.4, -0.2) is 28.3 Å². The lowest BCUT2D eigenvalue weighted by Gasteiger charge is -2.43. The Hall–Kier alpha value is -1.55. The van der Waals surface area contributed by atoms with Crippen LogP contribution in [0.5, 0.6) is 5.75 Å². The molecule has 3 unspecified atom stereocenters. The zero-order chi connectivity index (χ0) is 17.0. The van der Waals surface area contributed by atoms with E-state index in [1.165, 1.54) is 0 Å². The van der Waals surface area contributed by atoms with Crippen LogP contribution in [0.1, 0.15) is 45.6 Å². The van der Waals surface area contributed by atoms with Crippen molar-refractivity contribution in [1.29, 1.82) is 0 Å². The number of nitrogens with one attached hydrogen (secondary N) is 1. The lowest BCUT2D eigenvalue weighted by molar-refractivity contribution is -0.155. The molecule has 1 aliphatic carbocycles. The molecule has 0 radical (unpaired) electrons. The van der Waals surface area contributed by atoms with Gasteiger partial charge in [-0.05, 0) is 54.7 Å². The summed E-state index contributed by atoms with van der Waals surface area (Å²) in [5.41, 5.74) is -0.292. The summed E-state index contributed by atoms with van der Waals surface area (Å²) >= 11 is 0. The average molecular weight is 319 g/mol. The van der Waals surface area contributed by atoms with Gasteiger partial charge in [0.05, 0.1) is 0 Å². The molecule has 1 saturated carbocycles. The summed E-state index contributed by atoms with van der Waals surface area (Å²) in [5, 5.41) is 23.4. The Balaban J connectivity index is 1.97. The first-order valence-electron chi connectivity index (χ1n) is 8.61. The summed E-state index contributed by atoms with van der Waals surface area (Å²) in [6, 6.07) is 7.03. The summed E-state index contributed by atoms with van der Waals surface area (Å²) in [6.07, 6.45) is 3.14. The number of aliphatic hydroxyl groups is 1. The van der Waals surface area contributed by atoms with Crippen LogP contribution in [0.15, 0.2) is 24.3 Å². The van der Waals surface area contributed by atoms with Gasteiger partial charge in [0.25, 0.3) is 5.91 Å². The second-order valence-corrected chi connectivity index (χ2v) is 7.34. The van der Waals surface area contributed by atoms with E-state index in [9.17, 15) is 15.0 Å². The molecule has 1 fully saturated rings. The Kier molecular flexibility index (Phi) is 5.69. The minimum atomic E-state index is -1.26. The molecule has 1 amide bonds. The van der Waals surface area contributed by atoms with Gasteiger partial charge < -0.3 is 15.5 Å². The summed E-state index contributed by atoms with van der Waals surface area (Å²) < 4.78 is 0. The number of carbonyl (C=O) groups excluding carboxylic acids is 1. The first kappa shape index (κ1) is 17.8. The predicted octanol–water partition coefficient (Wildman–Crippen LogP) is 2.87. The third-order valence-corrected chi connectivity index (χ3v) is 5.05. The molecule has 1 aromatic rings. The van der Waals surface area contributed by atoms with Crippen molar-refractivity contribution in [2.75, 3.05) is 6.54 Å². The monoisotopic (exact) mass is 319 g/mol. The topological polar surface area (TPSA) is 69.6 Å². The van der Waals surface area contributed by atoms with Crippen LogP contribution in [0.2, 0.25) is 0 Å². The number of benzene rings is 1. The van der Waals surface area contributed by atoms with Crippen LogP contribution in [0.3, 0.4) is 0 Å². The van der Waals surface area contributed by atoms with Gasteiger partial charge in [-0.25, -0.2) is 0 Å². The van der Waals surface area contributed by atoms with Gasteiger partial charge in [0.15, 0.2) is 0 Å². The minimum Gasteiger partial charge on any atom is -0.508 e. The van der Waals surface area contributed by atoms with E-state index < -0.39 is 5.60 Å². The van der Waals surface area contributed by atoms with Gasteiger partial charge in [0.2, 0.25) is 0 Å². The van der Waals surface area contributed by atoms with Crippen molar-refractivity contribution >= 4 is 5.91 Å². The molecule has 2 rings (SSSR count). The summed E-state index contributed by atoms with van der Waals surface area (Å²) in [5.74, 6) is 0.645. The van der Waals surface area contributed by atoms with Crippen LogP contribution < -0.4 is 5.32 Å². The number of hydrogen-bond donors (Lipinski definition) is 3. The molecule has 1 aromatic carbocycles. The van der Waals surface area contributed by atoms with Gasteiger partial charge >= 0.3 is 0 Å². The van der Waals surface area contributed by atoms with Crippen LogP contribution in [0, 0.1) is 17.8 Å². The lowest BCUT2D eigenvalue weighted by Crippen LogP contribution is -2.56. The highest BCUT2D eigenvalue weighted by Gasteiger charge is 2.48. The van der Waals surface area contributed by atoms with E-state index in [4.69, 9.17) is 0 Å². The number of phenols is 1. The van der Waals surface area contributed by atoms with Gasteiger partial charge in [-0.1, -0.05) is 39.3 Å². The fourth-order valence-electron chi connectivity index (χ4n) is 3.82. The van der Waals surface area contributed by atoms with Crippen molar-refractivity contribution in [1.82, 2.24) is 5.32 Å². The smallest absolute Gasteiger partial charge is 0.252 e. The van der Waals surface area contributed by atoms with E-state index in [-0.39, 0.29) is 23.5 Å². The van der Waals surface area contributed by atoms with Crippen molar-refractivity contribution in [2.24, 2.45) is 17.8 Å². The average Bonchev–Trinajstić information content (AvgIpc) is 2.46. The van der Waals surface area contributed by atoms with Crippen molar-refractivity contribution < 1.29 is 15.0 Å². The van der Waals surface area contributed by atoms with E-state index in [2.05, 4.69) is 26.1 Å². The van der Waals surface area contributed by atoms with Gasteiger partial charge in [-0.3, -0.25) is 4.79 Å².